The minimum atomic E-state index is -0.366. The first-order chi connectivity index (χ1) is 9.60. The lowest BCUT2D eigenvalue weighted by atomic mass is 10.0. The van der Waals surface area contributed by atoms with E-state index in [1.807, 2.05) is 19.1 Å². The van der Waals surface area contributed by atoms with E-state index in [4.69, 9.17) is 0 Å². The Morgan fingerprint density at radius 2 is 1.95 bits per heavy atom. The van der Waals surface area contributed by atoms with Crippen LogP contribution in [0, 0.1) is 0 Å². The van der Waals surface area contributed by atoms with Crippen LogP contribution in [0.4, 0.5) is 5.69 Å². The van der Waals surface area contributed by atoms with Crippen LogP contribution in [0.15, 0.2) is 24.3 Å². The molecule has 0 aliphatic carbocycles. The predicted molar refractivity (Wildman–Crippen MR) is 80.7 cm³/mol. The maximum atomic E-state index is 11.0. The number of aliphatic hydroxyl groups is 1. The molecule has 0 aromatic heterocycles. The summed E-state index contributed by atoms with van der Waals surface area (Å²) in [6, 6.07) is 8.47. The van der Waals surface area contributed by atoms with E-state index in [0.717, 1.165) is 37.9 Å². The lowest BCUT2D eigenvalue weighted by molar-refractivity contribution is -0.119. The summed E-state index contributed by atoms with van der Waals surface area (Å²) in [7, 11) is 0. The molecule has 0 spiro atoms. The fourth-order valence-electron chi connectivity index (χ4n) is 2.71. The minimum absolute atomic E-state index is 0.0568. The van der Waals surface area contributed by atoms with Gasteiger partial charge in [-0.1, -0.05) is 19.1 Å². The highest BCUT2D eigenvalue weighted by Gasteiger charge is 2.19. The van der Waals surface area contributed by atoms with Crippen molar-refractivity contribution in [2.45, 2.75) is 45.3 Å². The Bertz CT molecular complexity index is 436. The number of nitrogens with zero attached hydrogens (tertiary/aromatic N) is 1. The molecule has 2 rings (SSSR count). The van der Waals surface area contributed by atoms with Crippen molar-refractivity contribution < 1.29 is 9.90 Å². The number of amides is 1. The average Bonchev–Trinajstić information content (AvgIpc) is 2.47. The minimum Gasteiger partial charge on any atom is -0.388 e. The summed E-state index contributed by atoms with van der Waals surface area (Å²) in [5, 5.41) is 12.8. The zero-order chi connectivity index (χ0) is 14.5. The topological polar surface area (TPSA) is 52.6 Å². The first-order valence-corrected chi connectivity index (χ1v) is 7.40. The molecule has 1 atom stereocenters. The summed E-state index contributed by atoms with van der Waals surface area (Å²) in [6.45, 7) is 5.47. The normalized spacial score (nSPS) is 17.9. The van der Waals surface area contributed by atoms with Gasteiger partial charge < -0.3 is 15.3 Å². The standard InChI is InChI=1S/C16H24N2O2/c1-3-16(20)13-4-6-15(7-5-13)18-10-8-14(9-11-18)17-12(2)19/h4-7,14,16,20H,3,8-11H2,1-2H3,(H,17,19). The summed E-state index contributed by atoms with van der Waals surface area (Å²) in [4.78, 5) is 13.4. The fraction of sp³-hybridized carbons (Fsp3) is 0.562. The fourth-order valence-corrected chi connectivity index (χ4v) is 2.71. The number of hydrogen-bond donors (Lipinski definition) is 2. The second kappa shape index (κ2) is 6.75. The molecule has 1 aromatic rings. The molecule has 4 nitrogen and oxygen atoms in total. The van der Waals surface area contributed by atoms with E-state index in [9.17, 15) is 9.90 Å². The van der Waals surface area contributed by atoms with Crippen molar-refractivity contribution in [2.75, 3.05) is 18.0 Å². The first-order valence-electron chi connectivity index (χ1n) is 7.40. The highest BCUT2D eigenvalue weighted by molar-refractivity contribution is 5.73. The number of carbonyl (C=O) groups is 1. The van der Waals surface area contributed by atoms with Crippen molar-refractivity contribution in [3.05, 3.63) is 29.8 Å². The molecule has 1 aliphatic rings. The molecule has 2 N–H and O–H groups in total. The van der Waals surface area contributed by atoms with Gasteiger partial charge in [0.1, 0.15) is 0 Å². The van der Waals surface area contributed by atoms with Crippen LogP contribution in [0.25, 0.3) is 0 Å². The SMILES string of the molecule is CCC(O)c1ccc(N2CCC(NC(C)=O)CC2)cc1. The summed E-state index contributed by atoms with van der Waals surface area (Å²) in [6.07, 6.45) is 2.34. The monoisotopic (exact) mass is 276 g/mol. The van der Waals surface area contributed by atoms with Crippen LogP contribution in [-0.2, 0) is 4.79 Å². The third kappa shape index (κ3) is 3.73. The molecule has 1 aromatic carbocycles. The van der Waals surface area contributed by atoms with Crippen LogP contribution in [0.2, 0.25) is 0 Å². The number of carbonyl (C=O) groups excluding carboxylic acids is 1. The van der Waals surface area contributed by atoms with Crippen LogP contribution in [0.3, 0.4) is 0 Å². The van der Waals surface area contributed by atoms with Crippen molar-refractivity contribution >= 4 is 11.6 Å². The number of hydrogen-bond acceptors (Lipinski definition) is 3. The van der Waals surface area contributed by atoms with E-state index >= 15 is 0 Å². The maximum Gasteiger partial charge on any atom is 0.217 e. The van der Waals surface area contributed by atoms with Crippen molar-refractivity contribution in [2.24, 2.45) is 0 Å². The molecule has 0 radical (unpaired) electrons. The van der Waals surface area contributed by atoms with Gasteiger partial charge in [0.2, 0.25) is 5.91 Å². The Balaban J connectivity index is 1.92. The highest BCUT2D eigenvalue weighted by Crippen LogP contribution is 2.23. The van der Waals surface area contributed by atoms with Gasteiger partial charge in [0.15, 0.2) is 0 Å². The Kier molecular flexibility index (Phi) is 5.01. The van der Waals surface area contributed by atoms with Gasteiger partial charge in [-0.3, -0.25) is 4.79 Å². The van der Waals surface area contributed by atoms with Gasteiger partial charge in [-0.25, -0.2) is 0 Å². The lowest BCUT2D eigenvalue weighted by Gasteiger charge is -2.34. The number of anilines is 1. The van der Waals surface area contributed by atoms with Gasteiger partial charge in [0, 0.05) is 31.7 Å². The van der Waals surface area contributed by atoms with Gasteiger partial charge in [0.05, 0.1) is 6.10 Å². The molecule has 1 aliphatic heterocycles. The summed E-state index contributed by atoms with van der Waals surface area (Å²) in [5.41, 5.74) is 2.17. The molecular formula is C16H24N2O2. The van der Waals surface area contributed by atoms with Crippen LogP contribution in [0.1, 0.15) is 44.8 Å². The third-order valence-electron chi connectivity index (χ3n) is 3.93. The molecular weight excluding hydrogens is 252 g/mol. The summed E-state index contributed by atoms with van der Waals surface area (Å²) >= 11 is 0. The number of rotatable bonds is 4. The Labute approximate surface area is 120 Å². The van der Waals surface area contributed by atoms with E-state index in [0.29, 0.717) is 6.04 Å². The first kappa shape index (κ1) is 14.9. The largest absolute Gasteiger partial charge is 0.388 e. The van der Waals surface area contributed by atoms with E-state index in [1.54, 1.807) is 6.92 Å². The maximum absolute atomic E-state index is 11.0. The Morgan fingerprint density at radius 3 is 2.45 bits per heavy atom. The van der Waals surface area contributed by atoms with Gasteiger partial charge in [-0.15, -0.1) is 0 Å². The molecule has 1 saturated heterocycles. The second-order valence-corrected chi connectivity index (χ2v) is 5.48. The molecule has 1 unspecified atom stereocenters. The predicted octanol–water partition coefficient (Wildman–Crippen LogP) is 2.23. The quantitative estimate of drug-likeness (QED) is 0.886. The van der Waals surface area contributed by atoms with Crippen LogP contribution in [-0.4, -0.2) is 30.1 Å². The van der Waals surface area contributed by atoms with Crippen LogP contribution < -0.4 is 10.2 Å². The zero-order valence-corrected chi connectivity index (χ0v) is 12.3. The highest BCUT2D eigenvalue weighted by atomic mass is 16.3. The number of aliphatic hydroxyl groups excluding tert-OH is 1. The molecule has 1 heterocycles. The molecule has 1 fully saturated rings. The smallest absolute Gasteiger partial charge is 0.217 e. The number of benzene rings is 1. The molecule has 20 heavy (non-hydrogen) atoms. The number of nitrogens with one attached hydrogen (secondary N) is 1. The van der Waals surface area contributed by atoms with Crippen LogP contribution >= 0.6 is 0 Å². The lowest BCUT2D eigenvalue weighted by Crippen LogP contribution is -2.44. The van der Waals surface area contributed by atoms with Crippen LogP contribution in [0.5, 0.6) is 0 Å². The summed E-state index contributed by atoms with van der Waals surface area (Å²) in [5.74, 6) is 0.0568. The van der Waals surface area contributed by atoms with Crippen molar-refractivity contribution in [3.8, 4) is 0 Å². The Morgan fingerprint density at radius 1 is 1.35 bits per heavy atom. The Hall–Kier alpha value is -1.55. The zero-order valence-electron chi connectivity index (χ0n) is 12.3. The van der Waals surface area contributed by atoms with Gasteiger partial charge in [-0.2, -0.15) is 0 Å². The van der Waals surface area contributed by atoms with Gasteiger partial charge in [-0.05, 0) is 37.0 Å². The van der Waals surface area contributed by atoms with E-state index in [1.165, 1.54) is 5.69 Å². The van der Waals surface area contributed by atoms with Crippen molar-refractivity contribution in [1.29, 1.82) is 0 Å². The van der Waals surface area contributed by atoms with E-state index in [2.05, 4.69) is 22.3 Å². The third-order valence-corrected chi connectivity index (χ3v) is 3.93. The van der Waals surface area contributed by atoms with E-state index < -0.39 is 0 Å². The van der Waals surface area contributed by atoms with Crippen molar-refractivity contribution in [1.82, 2.24) is 5.32 Å². The summed E-state index contributed by atoms with van der Waals surface area (Å²) < 4.78 is 0. The molecule has 4 heteroatoms. The van der Waals surface area contributed by atoms with Gasteiger partial charge in [0.25, 0.3) is 0 Å². The number of piperidine rings is 1. The molecule has 0 saturated carbocycles. The molecule has 0 bridgehead atoms. The second-order valence-electron chi connectivity index (χ2n) is 5.48. The molecule has 1 amide bonds. The molecule has 110 valence electrons. The average molecular weight is 276 g/mol. The van der Waals surface area contributed by atoms with E-state index in [-0.39, 0.29) is 12.0 Å². The van der Waals surface area contributed by atoms with Gasteiger partial charge >= 0.3 is 0 Å². The van der Waals surface area contributed by atoms with Crippen molar-refractivity contribution in [3.63, 3.8) is 0 Å².